The first-order valence-electron chi connectivity index (χ1n) is 11.3. The number of hydrogen-bond donors (Lipinski definition) is 1. The number of carbonyl (C=O) groups is 1. The molecule has 2 aromatic carbocycles. The second-order valence-corrected chi connectivity index (χ2v) is 9.18. The third-order valence-electron chi connectivity index (χ3n) is 6.54. The van der Waals surface area contributed by atoms with Crippen molar-refractivity contribution in [3.05, 3.63) is 69.3 Å². The molecule has 2 heterocycles. The van der Waals surface area contributed by atoms with Crippen LogP contribution in [0.2, 0.25) is 0 Å². The smallest absolute Gasteiger partial charge is 0.324 e. The number of nitrogens with one attached hydrogen (secondary N) is 1. The summed E-state index contributed by atoms with van der Waals surface area (Å²) in [5.74, 6) is 0.273. The van der Waals surface area contributed by atoms with Crippen LogP contribution in [-0.4, -0.2) is 42.3 Å². The molecule has 0 aliphatic carbocycles. The fourth-order valence-electron chi connectivity index (χ4n) is 4.88. The van der Waals surface area contributed by atoms with Crippen molar-refractivity contribution in [2.75, 3.05) is 13.7 Å². The molecule has 0 saturated carbocycles. The molecule has 33 heavy (non-hydrogen) atoms. The fourth-order valence-corrected chi connectivity index (χ4v) is 4.88. The van der Waals surface area contributed by atoms with Gasteiger partial charge in [-0.05, 0) is 68.5 Å². The van der Waals surface area contributed by atoms with Gasteiger partial charge in [0.1, 0.15) is 29.2 Å². The Morgan fingerprint density at radius 1 is 1.21 bits per heavy atom. The van der Waals surface area contributed by atoms with Gasteiger partial charge in [0.2, 0.25) is 6.04 Å². The van der Waals surface area contributed by atoms with Gasteiger partial charge in [-0.3, -0.25) is 20.2 Å². The lowest BCUT2D eigenvalue weighted by Gasteiger charge is -2.33. The molecule has 0 radical (unpaired) electrons. The van der Waals surface area contributed by atoms with Gasteiger partial charge in [0, 0.05) is 4.92 Å². The monoisotopic (exact) mass is 454 g/mol. The van der Waals surface area contributed by atoms with Gasteiger partial charge in [0.25, 0.3) is 0 Å². The SMILES string of the molecule is CCOC(=O)[C@H]1N[C@@H](c2ccc(OC)cc2)[C@@H]([N+](=O)[O-])[C@@H]1c1ccc2c(c1)CCC(C)(C)O2. The first-order chi connectivity index (χ1) is 15.7. The molecule has 0 amide bonds. The molecule has 0 bridgehead atoms. The van der Waals surface area contributed by atoms with Gasteiger partial charge in [0.05, 0.1) is 19.6 Å². The van der Waals surface area contributed by atoms with Gasteiger partial charge in [0.15, 0.2) is 0 Å². The molecule has 176 valence electrons. The summed E-state index contributed by atoms with van der Waals surface area (Å²) in [7, 11) is 1.57. The third-order valence-corrected chi connectivity index (χ3v) is 6.54. The molecule has 8 nitrogen and oxygen atoms in total. The Balaban J connectivity index is 1.75. The van der Waals surface area contributed by atoms with Gasteiger partial charge in [-0.2, -0.15) is 0 Å². The fraction of sp³-hybridized carbons (Fsp3) is 0.480. The molecule has 2 aliphatic heterocycles. The van der Waals surface area contributed by atoms with Crippen molar-refractivity contribution in [1.29, 1.82) is 0 Å². The first-order valence-corrected chi connectivity index (χ1v) is 11.3. The molecule has 1 saturated heterocycles. The van der Waals surface area contributed by atoms with E-state index in [0.717, 1.165) is 35.3 Å². The number of rotatable bonds is 6. The van der Waals surface area contributed by atoms with E-state index in [4.69, 9.17) is 14.2 Å². The number of nitro groups is 1. The van der Waals surface area contributed by atoms with Gasteiger partial charge in [-0.25, -0.2) is 0 Å². The first kappa shape index (κ1) is 23.0. The maximum atomic E-state index is 12.9. The van der Waals surface area contributed by atoms with Crippen LogP contribution in [0.4, 0.5) is 0 Å². The zero-order chi connectivity index (χ0) is 23.8. The zero-order valence-corrected chi connectivity index (χ0v) is 19.4. The van der Waals surface area contributed by atoms with E-state index in [9.17, 15) is 14.9 Å². The predicted molar refractivity (Wildman–Crippen MR) is 122 cm³/mol. The number of fused-ring (bicyclic) bond motifs is 1. The largest absolute Gasteiger partial charge is 0.497 e. The Morgan fingerprint density at radius 2 is 1.91 bits per heavy atom. The molecule has 0 unspecified atom stereocenters. The summed E-state index contributed by atoms with van der Waals surface area (Å²) < 4.78 is 16.6. The van der Waals surface area contributed by atoms with E-state index in [0.29, 0.717) is 5.75 Å². The second kappa shape index (κ2) is 9.02. The summed E-state index contributed by atoms with van der Waals surface area (Å²) in [6, 6.07) is 10.2. The highest BCUT2D eigenvalue weighted by Gasteiger charge is 2.55. The molecule has 4 rings (SSSR count). The van der Waals surface area contributed by atoms with E-state index < -0.39 is 30.0 Å². The second-order valence-electron chi connectivity index (χ2n) is 9.18. The minimum Gasteiger partial charge on any atom is -0.497 e. The molecule has 4 atom stereocenters. The van der Waals surface area contributed by atoms with Crippen molar-refractivity contribution in [2.45, 2.75) is 63.3 Å². The van der Waals surface area contributed by atoms with Crippen molar-refractivity contribution < 1.29 is 23.9 Å². The Labute approximate surface area is 193 Å². The van der Waals surface area contributed by atoms with E-state index in [1.807, 2.05) is 32.0 Å². The predicted octanol–water partition coefficient (Wildman–Crippen LogP) is 3.80. The minimum absolute atomic E-state index is 0.202. The van der Waals surface area contributed by atoms with Crippen molar-refractivity contribution in [2.24, 2.45) is 0 Å². The number of esters is 1. The highest BCUT2D eigenvalue weighted by molar-refractivity contribution is 5.78. The van der Waals surface area contributed by atoms with Crippen molar-refractivity contribution in [1.82, 2.24) is 5.32 Å². The molecule has 2 aromatic rings. The summed E-state index contributed by atoms with van der Waals surface area (Å²) in [6.07, 6.45) is 1.66. The minimum atomic E-state index is -1.05. The number of hydrogen-bond acceptors (Lipinski definition) is 7. The maximum Gasteiger partial charge on any atom is 0.324 e. The zero-order valence-electron chi connectivity index (χ0n) is 19.4. The number of aryl methyl sites for hydroxylation is 1. The summed E-state index contributed by atoms with van der Waals surface area (Å²) in [4.78, 5) is 25.0. The van der Waals surface area contributed by atoms with E-state index in [1.165, 1.54) is 0 Å². The van der Waals surface area contributed by atoms with Gasteiger partial charge in [-0.15, -0.1) is 0 Å². The van der Waals surface area contributed by atoms with Gasteiger partial charge in [-0.1, -0.05) is 24.3 Å². The quantitative estimate of drug-likeness (QED) is 0.402. The van der Waals surface area contributed by atoms with Crippen LogP contribution < -0.4 is 14.8 Å². The Bertz CT molecular complexity index is 1040. The van der Waals surface area contributed by atoms with Crippen molar-refractivity contribution in [3.8, 4) is 11.5 Å². The third kappa shape index (κ3) is 4.53. The molecule has 1 N–H and O–H groups in total. The Kier molecular flexibility index (Phi) is 6.30. The average Bonchev–Trinajstić information content (AvgIpc) is 3.19. The van der Waals surface area contributed by atoms with E-state index in [-0.39, 0.29) is 17.1 Å². The molecule has 0 spiro atoms. The number of benzene rings is 2. The summed E-state index contributed by atoms with van der Waals surface area (Å²) in [6.45, 7) is 6.02. The lowest BCUT2D eigenvalue weighted by atomic mass is 9.83. The summed E-state index contributed by atoms with van der Waals surface area (Å²) in [5, 5.41) is 15.6. The lowest BCUT2D eigenvalue weighted by molar-refractivity contribution is -0.527. The van der Waals surface area contributed by atoms with E-state index in [2.05, 4.69) is 5.32 Å². The summed E-state index contributed by atoms with van der Waals surface area (Å²) in [5.41, 5.74) is 2.21. The molecule has 1 fully saturated rings. The van der Waals surface area contributed by atoms with Crippen LogP contribution in [0, 0.1) is 10.1 Å². The molecule has 0 aromatic heterocycles. The molecule has 2 aliphatic rings. The Morgan fingerprint density at radius 3 is 2.55 bits per heavy atom. The van der Waals surface area contributed by atoms with Crippen LogP contribution in [0.5, 0.6) is 11.5 Å². The van der Waals surface area contributed by atoms with Crippen LogP contribution in [0.25, 0.3) is 0 Å². The normalized spacial score (nSPS) is 25.6. The number of methoxy groups -OCH3 is 1. The molecular weight excluding hydrogens is 424 g/mol. The number of ether oxygens (including phenoxy) is 3. The summed E-state index contributed by atoms with van der Waals surface area (Å²) >= 11 is 0. The van der Waals surface area contributed by atoms with Gasteiger partial charge >= 0.3 is 5.97 Å². The molecule has 8 heteroatoms. The van der Waals surface area contributed by atoms with Crippen LogP contribution in [0.15, 0.2) is 42.5 Å². The van der Waals surface area contributed by atoms with Crippen LogP contribution in [0.3, 0.4) is 0 Å². The standard InChI is InChI=1S/C25H30N2O6/c1-5-32-24(28)22-20(17-8-11-19-16(14-17)12-13-25(2,3)33-19)23(27(29)30)21(26-22)15-6-9-18(31-4)10-7-15/h6-11,14,20-23,26H,5,12-13H2,1-4H3/t20-,21+,22+,23+/m1/s1. The van der Waals surface area contributed by atoms with E-state index >= 15 is 0 Å². The topological polar surface area (TPSA) is 99.9 Å². The Hall–Kier alpha value is -3.13. The lowest BCUT2D eigenvalue weighted by Crippen LogP contribution is -2.38. The average molecular weight is 455 g/mol. The highest BCUT2D eigenvalue weighted by atomic mass is 16.6. The van der Waals surface area contributed by atoms with E-state index in [1.54, 1.807) is 38.3 Å². The van der Waals surface area contributed by atoms with Crippen LogP contribution >= 0.6 is 0 Å². The van der Waals surface area contributed by atoms with Gasteiger partial charge < -0.3 is 14.2 Å². The van der Waals surface area contributed by atoms with Crippen molar-refractivity contribution >= 4 is 5.97 Å². The maximum absolute atomic E-state index is 12.9. The molecular formula is C25H30N2O6. The van der Waals surface area contributed by atoms with Crippen molar-refractivity contribution in [3.63, 3.8) is 0 Å². The highest BCUT2D eigenvalue weighted by Crippen LogP contribution is 2.43. The number of nitrogens with zero attached hydrogens (tertiary/aromatic N) is 1. The van der Waals surface area contributed by atoms with Crippen LogP contribution in [-0.2, 0) is 16.0 Å². The van der Waals surface area contributed by atoms with Crippen LogP contribution in [0.1, 0.15) is 55.8 Å². The number of carbonyl (C=O) groups excluding carboxylic acids is 1.